The molecule has 0 atom stereocenters. The largest absolute Gasteiger partial charge is 0.496 e. The molecule has 0 spiro atoms. The number of carbonyl (C=O) groups excluding carboxylic acids is 2. The average molecular weight is 213 g/mol. The van der Waals surface area contributed by atoms with Gasteiger partial charge in [-0.3, -0.25) is 9.59 Å². The van der Waals surface area contributed by atoms with Crippen LogP contribution in [0.4, 0.5) is 0 Å². The molecule has 1 aromatic carbocycles. The molecule has 0 N–H and O–H groups in total. The minimum absolute atomic E-state index is 0.299. The quantitative estimate of drug-likeness (QED) is 0.570. The number of methoxy groups -OCH3 is 1. The van der Waals surface area contributed by atoms with Crippen molar-refractivity contribution in [3.8, 4) is 5.75 Å². The van der Waals surface area contributed by atoms with E-state index < -0.39 is 5.24 Å². The van der Waals surface area contributed by atoms with E-state index in [0.717, 1.165) is 0 Å². The minimum Gasteiger partial charge on any atom is -0.496 e. The van der Waals surface area contributed by atoms with Gasteiger partial charge in [-0.2, -0.15) is 0 Å². The monoisotopic (exact) mass is 212 g/mol. The van der Waals surface area contributed by atoms with Crippen molar-refractivity contribution in [2.45, 2.75) is 6.92 Å². The third-order valence-electron chi connectivity index (χ3n) is 1.95. The van der Waals surface area contributed by atoms with Gasteiger partial charge in [0.05, 0.1) is 7.11 Å². The lowest BCUT2D eigenvalue weighted by molar-refractivity contribution is 0.108. The van der Waals surface area contributed by atoms with Crippen molar-refractivity contribution in [2.75, 3.05) is 7.11 Å². The molecule has 0 aliphatic rings. The van der Waals surface area contributed by atoms with Crippen LogP contribution in [0, 0.1) is 6.92 Å². The Morgan fingerprint density at radius 2 is 2.14 bits per heavy atom. The Kier molecular flexibility index (Phi) is 3.25. The minimum atomic E-state index is -0.593. The summed E-state index contributed by atoms with van der Waals surface area (Å²) in [6.07, 6.45) is 0.644. The Morgan fingerprint density at radius 3 is 2.57 bits per heavy atom. The average Bonchev–Trinajstić information content (AvgIpc) is 2.17. The number of halogens is 1. The molecule has 0 heterocycles. The lowest BCUT2D eigenvalue weighted by atomic mass is 10.1. The van der Waals surface area contributed by atoms with Crippen LogP contribution in [0.5, 0.6) is 5.75 Å². The van der Waals surface area contributed by atoms with E-state index in [4.69, 9.17) is 16.3 Å². The Balaban J connectivity index is 3.41. The molecule has 74 valence electrons. The highest BCUT2D eigenvalue weighted by Gasteiger charge is 2.12. The molecule has 0 aromatic heterocycles. The maximum Gasteiger partial charge on any atom is 0.252 e. The number of aldehydes is 1. The fraction of sp³-hybridized carbons (Fsp3) is 0.200. The number of hydrogen-bond donors (Lipinski definition) is 0. The summed E-state index contributed by atoms with van der Waals surface area (Å²) in [5.41, 5.74) is 1.31. The first-order valence-electron chi connectivity index (χ1n) is 3.93. The third kappa shape index (κ3) is 1.93. The Bertz CT molecular complexity index is 385. The predicted molar refractivity (Wildman–Crippen MR) is 53.3 cm³/mol. The molecule has 0 unspecified atom stereocenters. The number of rotatable bonds is 3. The maximum absolute atomic E-state index is 11.0. The van der Waals surface area contributed by atoms with E-state index in [1.807, 2.05) is 0 Å². The van der Waals surface area contributed by atoms with Crippen LogP contribution in [0.3, 0.4) is 0 Å². The Hall–Kier alpha value is -1.35. The van der Waals surface area contributed by atoms with Crippen molar-refractivity contribution in [3.63, 3.8) is 0 Å². The zero-order chi connectivity index (χ0) is 10.7. The molecule has 0 aliphatic carbocycles. The van der Waals surface area contributed by atoms with Crippen LogP contribution in [0.15, 0.2) is 12.1 Å². The van der Waals surface area contributed by atoms with Crippen LogP contribution >= 0.6 is 11.6 Å². The summed E-state index contributed by atoms with van der Waals surface area (Å²) < 4.78 is 5.01. The van der Waals surface area contributed by atoms with Gasteiger partial charge < -0.3 is 4.74 Å². The first-order valence-corrected chi connectivity index (χ1v) is 4.31. The molecule has 0 amide bonds. The van der Waals surface area contributed by atoms with E-state index in [2.05, 4.69) is 0 Å². The topological polar surface area (TPSA) is 43.4 Å². The van der Waals surface area contributed by atoms with Crippen molar-refractivity contribution >= 4 is 23.1 Å². The van der Waals surface area contributed by atoms with Gasteiger partial charge in [0.15, 0.2) is 0 Å². The summed E-state index contributed by atoms with van der Waals surface area (Å²) in [7, 11) is 1.47. The summed E-state index contributed by atoms with van der Waals surface area (Å²) in [6, 6.07) is 3.01. The van der Waals surface area contributed by atoms with Gasteiger partial charge in [0.1, 0.15) is 12.0 Å². The van der Waals surface area contributed by atoms with E-state index in [9.17, 15) is 9.59 Å². The summed E-state index contributed by atoms with van der Waals surface area (Å²) in [4.78, 5) is 21.5. The van der Waals surface area contributed by atoms with E-state index >= 15 is 0 Å². The second kappa shape index (κ2) is 4.24. The molecule has 1 aromatic rings. The molecule has 0 radical (unpaired) electrons. The fourth-order valence-electron chi connectivity index (χ4n) is 1.19. The highest BCUT2D eigenvalue weighted by atomic mass is 35.5. The molecule has 0 saturated heterocycles. The zero-order valence-electron chi connectivity index (χ0n) is 7.83. The number of hydrogen-bond acceptors (Lipinski definition) is 3. The summed E-state index contributed by atoms with van der Waals surface area (Å²) >= 11 is 5.36. The van der Waals surface area contributed by atoms with Gasteiger partial charge in [-0.25, -0.2) is 0 Å². The van der Waals surface area contributed by atoms with Crippen molar-refractivity contribution in [1.29, 1.82) is 0 Å². The van der Waals surface area contributed by atoms with Crippen LogP contribution < -0.4 is 4.74 Å². The van der Waals surface area contributed by atoms with Crippen molar-refractivity contribution in [3.05, 3.63) is 28.8 Å². The van der Waals surface area contributed by atoms with Crippen molar-refractivity contribution < 1.29 is 14.3 Å². The van der Waals surface area contributed by atoms with Crippen LogP contribution in [0.1, 0.15) is 26.3 Å². The molecule has 0 fully saturated rings. The highest BCUT2D eigenvalue weighted by molar-refractivity contribution is 6.68. The van der Waals surface area contributed by atoms with E-state index in [1.165, 1.54) is 13.2 Å². The molecule has 3 nitrogen and oxygen atoms in total. The summed E-state index contributed by atoms with van der Waals surface area (Å²) in [5, 5.41) is -0.593. The highest BCUT2D eigenvalue weighted by Crippen LogP contribution is 2.24. The van der Waals surface area contributed by atoms with Gasteiger partial charge >= 0.3 is 0 Å². The fourth-order valence-corrected chi connectivity index (χ4v) is 1.39. The van der Waals surface area contributed by atoms with Crippen LogP contribution in [0.2, 0.25) is 0 Å². The van der Waals surface area contributed by atoms with Gasteiger partial charge in [0.25, 0.3) is 5.24 Å². The van der Waals surface area contributed by atoms with Gasteiger partial charge in [-0.15, -0.1) is 0 Å². The van der Waals surface area contributed by atoms with Gasteiger partial charge in [-0.05, 0) is 30.7 Å². The molecule has 0 aliphatic heterocycles. The van der Waals surface area contributed by atoms with Gasteiger partial charge in [0.2, 0.25) is 0 Å². The molecule has 14 heavy (non-hydrogen) atoms. The predicted octanol–water partition coefficient (Wildman–Crippen LogP) is 2.20. The summed E-state index contributed by atoms with van der Waals surface area (Å²) in [6.45, 7) is 1.71. The van der Waals surface area contributed by atoms with Crippen molar-refractivity contribution in [2.24, 2.45) is 0 Å². The van der Waals surface area contributed by atoms with Crippen LogP contribution in [-0.2, 0) is 0 Å². The number of carbonyl (C=O) groups is 2. The van der Waals surface area contributed by atoms with E-state index in [1.54, 1.807) is 13.0 Å². The molecular formula is C10H9ClO3. The van der Waals surface area contributed by atoms with Crippen LogP contribution in [0.25, 0.3) is 0 Å². The first-order chi connectivity index (χ1) is 6.60. The molecule has 4 heteroatoms. The lowest BCUT2D eigenvalue weighted by Gasteiger charge is -2.08. The molecule has 0 bridgehead atoms. The van der Waals surface area contributed by atoms with Crippen LogP contribution in [-0.4, -0.2) is 18.6 Å². The first kappa shape index (κ1) is 10.7. The number of ether oxygens (including phenoxy) is 1. The Labute approximate surface area is 86.6 Å². The maximum atomic E-state index is 11.0. The molecule has 0 saturated carbocycles. The zero-order valence-corrected chi connectivity index (χ0v) is 8.59. The lowest BCUT2D eigenvalue weighted by Crippen LogP contribution is -1.99. The van der Waals surface area contributed by atoms with Crippen molar-refractivity contribution in [1.82, 2.24) is 0 Å². The smallest absolute Gasteiger partial charge is 0.252 e. The summed E-state index contributed by atoms with van der Waals surface area (Å²) in [5.74, 6) is 0.485. The van der Waals surface area contributed by atoms with Gasteiger partial charge in [-0.1, -0.05) is 0 Å². The molecular weight excluding hydrogens is 204 g/mol. The standard InChI is InChI=1S/C10H9ClO3/c1-6-8(10(11)13)3-7(5-12)4-9(6)14-2/h3-5H,1-2H3. The second-order valence-electron chi connectivity index (χ2n) is 2.79. The third-order valence-corrected chi connectivity index (χ3v) is 2.15. The van der Waals surface area contributed by atoms with E-state index in [-0.39, 0.29) is 0 Å². The Morgan fingerprint density at radius 1 is 1.50 bits per heavy atom. The SMILES string of the molecule is COc1cc(C=O)cc(C(=O)Cl)c1C. The van der Waals surface area contributed by atoms with Gasteiger partial charge in [0, 0.05) is 16.7 Å². The second-order valence-corrected chi connectivity index (χ2v) is 3.13. The van der Waals surface area contributed by atoms with E-state index in [0.29, 0.717) is 28.7 Å². The normalized spacial score (nSPS) is 9.64. The molecule has 1 rings (SSSR count). The number of benzene rings is 1.